The second-order valence-corrected chi connectivity index (χ2v) is 7.23. The number of carbonyl (C=O) groups is 1. The third-order valence-electron chi connectivity index (χ3n) is 5.38. The van der Waals surface area contributed by atoms with Crippen LogP contribution < -0.4 is 10.1 Å². The number of nitrogens with one attached hydrogen (secondary N) is 1. The lowest BCUT2D eigenvalue weighted by molar-refractivity contribution is -0.137. The summed E-state index contributed by atoms with van der Waals surface area (Å²) in [4.78, 5) is 18.5. The van der Waals surface area contributed by atoms with E-state index in [9.17, 15) is 18.0 Å². The van der Waals surface area contributed by atoms with Gasteiger partial charge >= 0.3 is 6.18 Å². The molecule has 148 valence electrons. The van der Waals surface area contributed by atoms with Gasteiger partial charge in [0.05, 0.1) is 5.56 Å². The number of ether oxygens (including phenoxy) is 1. The molecular weight excluding hydrogens is 371 g/mol. The van der Waals surface area contributed by atoms with Gasteiger partial charge in [0.1, 0.15) is 5.75 Å². The van der Waals surface area contributed by atoms with E-state index >= 15 is 0 Å². The van der Waals surface area contributed by atoms with Crippen LogP contribution in [0, 0.1) is 5.92 Å². The molecule has 1 atom stereocenters. The van der Waals surface area contributed by atoms with Crippen molar-refractivity contribution in [2.75, 3.05) is 19.6 Å². The normalized spacial score (nSPS) is 24.0. The van der Waals surface area contributed by atoms with Gasteiger partial charge in [0.2, 0.25) is 5.88 Å². The minimum atomic E-state index is -4.44. The fourth-order valence-electron chi connectivity index (χ4n) is 3.78. The van der Waals surface area contributed by atoms with Crippen LogP contribution in [0.2, 0.25) is 0 Å². The molecule has 2 bridgehead atoms. The van der Waals surface area contributed by atoms with E-state index < -0.39 is 11.7 Å². The van der Waals surface area contributed by atoms with Gasteiger partial charge in [-0.2, -0.15) is 13.2 Å². The summed E-state index contributed by atoms with van der Waals surface area (Å²) in [6, 6.07) is 8.73. The average Bonchev–Trinajstić information content (AvgIpc) is 2.69. The van der Waals surface area contributed by atoms with E-state index in [4.69, 9.17) is 4.74 Å². The van der Waals surface area contributed by atoms with E-state index in [-0.39, 0.29) is 17.8 Å². The predicted molar refractivity (Wildman–Crippen MR) is 96.2 cm³/mol. The lowest BCUT2D eigenvalue weighted by Gasteiger charge is -2.44. The number of amides is 1. The SMILES string of the molecule is O=C(NC1CN2CCC1CC2)c1ccc(Oc2ccc(C(F)(F)F)cn2)cc1. The van der Waals surface area contributed by atoms with E-state index in [0.717, 1.165) is 50.8 Å². The molecule has 8 heteroatoms. The van der Waals surface area contributed by atoms with E-state index in [1.54, 1.807) is 24.3 Å². The van der Waals surface area contributed by atoms with Gasteiger partial charge in [-0.3, -0.25) is 4.79 Å². The fourth-order valence-corrected chi connectivity index (χ4v) is 3.78. The van der Waals surface area contributed by atoms with Crippen LogP contribution in [-0.2, 0) is 6.18 Å². The van der Waals surface area contributed by atoms with Gasteiger partial charge in [0, 0.05) is 30.4 Å². The first kappa shape index (κ1) is 18.7. The van der Waals surface area contributed by atoms with Crippen molar-refractivity contribution in [1.29, 1.82) is 0 Å². The molecule has 0 spiro atoms. The van der Waals surface area contributed by atoms with Crippen LogP contribution in [0.3, 0.4) is 0 Å². The number of nitrogens with zero attached hydrogens (tertiary/aromatic N) is 2. The maximum absolute atomic E-state index is 12.6. The number of fused-ring (bicyclic) bond motifs is 3. The van der Waals surface area contributed by atoms with Crippen molar-refractivity contribution in [1.82, 2.24) is 15.2 Å². The standard InChI is InChI=1S/C20H20F3N3O2/c21-20(22,23)15-3-6-18(24-11-15)28-16-4-1-14(2-5-16)19(27)25-17-12-26-9-7-13(17)8-10-26/h1-6,11,13,17H,7-10,12H2,(H,25,27). The van der Waals surface area contributed by atoms with Crippen molar-refractivity contribution >= 4 is 5.91 Å². The Balaban J connectivity index is 1.36. The van der Waals surface area contributed by atoms with E-state index in [2.05, 4.69) is 15.2 Å². The molecule has 5 rings (SSSR count). The maximum Gasteiger partial charge on any atom is 0.417 e. The zero-order valence-corrected chi connectivity index (χ0v) is 15.1. The van der Waals surface area contributed by atoms with Gasteiger partial charge in [-0.15, -0.1) is 0 Å². The Morgan fingerprint density at radius 1 is 1.11 bits per heavy atom. The fraction of sp³-hybridized carbons (Fsp3) is 0.400. The van der Waals surface area contributed by atoms with Crippen LogP contribution >= 0.6 is 0 Å². The summed E-state index contributed by atoms with van der Waals surface area (Å²) in [7, 11) is 0. The third-order valence-corrected chi connectivity index (χ3v) is 5.38. The molecule has 0 saturated carbocycles. The number of halogens is 3. The Kier molecular flexibility index (Phi) is 4.97. The molecule has 5 nitrogen and oxygen atoms in total. The number of alkyl halides is 3. The molecule has 3 saturated heterocycles. The number of pyridine rings is 1. The number of aromatic nitrogens is 1. The first-order chi connectivity index (χ1) is 13.4. The first-order valence-corrected chi connectivity index (χ1v) is 9.23. The molecule has 0 aliphatic carbocycles. The van der Waals surface area contributed by atoms with Crippen molar-refractivity contribution in [2.45, 2.75) is 25.1 Å². The lowest BCUT2D eigenvalue weighted by Crippen LogP contribution is -2.57. The Bertz CT molecular complexity index is 829. The molecule has 1 amide bonds. The average molecular weight is 391 g/mol. The highest BCUT2D eigenvalue weighted by atomic mass is 19.4. The number of rotatable bonds is 4. The molecule has 28 heavy (non-hydrogen) atoms. The van der Waals surface area contributed by atoms with Crippen LogP contribution in [0.5, 0.6) is 11.6 Å². The molecule has 1 N–H and O–H groups in total. The summed E-state index contributed by atoms with van der Waals surface area (Å²) >= 11 is 0. The van der Waals surface area contributed by atoms with Gasteiger partial charge in [0.25, 0.3) is 5.91 Å². The second kappa shape index (κ2) is 7.43. The van der Waals surface area contributed by atoms with Gasteiger partial charge in [-0.1, -0.05) is 0 Å². The van der Waals surface area contributed by atoms with Gasteiger partial charge in [0.15, 0.2) is 0 Å². The molecule has 2 aromatic rings. The summed E-state index contributed by atoms with van der Waals surface area (Å²) in [5.74, 6) is 0.865. The van der Waals surface area contributed by atoms with Crippen LogP contribution in [0.1, 0.15) is 28.8 Å². The van der Waals surface area contributed by atoms with Crippen molar-refractivity contribution in [3.8, 4) is 11.6 Å². The van der Waals surface area contributed by atoms with Crippen molar-refractivity contribution < 1.29 is 22.7 Å². The first-order valence-electron chi connectivity index (χ1n) is 9.23. The van der Waals surface area contributed by atoms with Crippen LogP contribution in [0.4, 0.5) is 13.2 Å². The van der Waals surface area contributed by atoms with E-state index in [1.807, 2.05) is 0 Å². The van der Waals surface area contributed by atoms with Gasteiger partial charge < -0.3 is 15.0 Å². The summed E-state index contributed by atoms with van der Waals surface area (Å²) in [5.41, 5.74) is -0.316. The van der Waals surface area contributed by atoms with Crippen LogP contribution in [0.15, 0.2) is 42.6 Å². The quantitative estimate of drug-likeness (QED) is 0.863. The highest BCUT2D eigenvalue weighted by Gasteiger charge is 2.35. The third kappa shape index (κ3) is 4.11. The van der Waals surface area contributed by atoms with Crippen molar-refractivity contribution in [2.24, 2.45) is 5.92 Å². The van der Waals surface area contributed by atoms with Crippen molar-refractivity contribution in [3.05, 3.63) is 53.7 Å². The summed E-state index contributed by atoms with van der Waals surface area (Å²) < 4.78 is 43.1. The van der Waals surface area contributed by atoms with Gasteiger partial charge in [-0.05, 0) is 62.2 Å². The topological polar surface area (TPSA) is 54.5 Å². The Morgan fingerprint density at radius 2 is 1.82 bits per heavy atom. The summed E-state index contributed by atoms with van der Waals surface area (Å²) in [6.07, 6.45) is -1.46. The zero-order chi connectivity index (χ0) is 19.7. The lowest BCUT2D eigenvalue weighted by atomic mass is 9.84. The number of benzene rings is 1. The van der Waals surface area contributed by atoms with Crippen LogP contribution in [-0.4, -0.2) is 41.5 Å². The largest absolute Gasteiger partial charge is 0.439 e. The van der Waals surface area contributed by atoms with E-state index in [0.29, 0.717) is 17.2 Å². The van der Waals surface area contributed by atoms with E-state index in [1.165, 1.54) is 0 Å². The van der Waals surface area contributed by atoms with Crippen LogP contribution in [0.25, 0.3) is 0 Å². The molecule has 1 unspecified atom stereocenters. The summed E-state index contributed by atoms with van der Waals surface area (Å²) in [5, 5.41) is 3.12. The molecule has 3 aliphatic heterocycles. The number of piperidine rings is 3. The smallest absolute Gasteiger partial charge is 0.417 e. The minimum Gasteiger partial charge on any atom is -0.439 e. The zero-order valence-electron chi connectivity index (χ0n) is 15.1. The monoisotopic (exact) mass is 391 g/mol. The predicted octanol–water partition coefficient (Wildman–Crippen LogP) is 3.72. The highest BCUT2D eigenvalue weighted by molar-refractivity contribution is 5.94. The number of carbonyl (C=O) groups excluding carboxylic acids is 1. The molecule has 3 fully saturated rings. The highest BCUT2D eigenvalue weighted by Crippen LogP contribution is 2.30. The number of hydrogen-bond acceptors (Lipinski definition) is 4. The molecule has 0 radical (unpaired) electrons. The molecule has 1 aromatic carbocycles. The molecule has 3 aliphatic rings. The Morgan fingerprint density at radius 3 is 2.36 bits per heavy atom. The van der Waals surface area contributed by atoms with Gasteiger partial charge in [-0.25, -0.2) is 4.98 Å². The number of hydrogen-bond donors (Lipinski definition) is 1. The molecule has 1 aromatic heterocycles. The molecule has 4 heterocycles. The Hall–Kier alpha value is -2.61. The Labute approximate surface area is 160 Å². The molecular formula is C20H20F3N3O2. The minimum absolute atomic E-state index is 0.0532. The maximum atomic E-state index is 12.6. The second-order valence-electron chi connectivity index (χ2n) is 7.23. The summed E-state index contributed by atoms with van der Waals surface area (Å²) in [6.45, 7) is 3.12. The van der Waals surface area contributed by atoms with Crippen molar-refractivity contribution in [3.63, 3.8) is 0 Å².